The van der Waals surface area contributed by atoms with E-state index in [-0.39, 0.29) is 0 Å². The third-order valence-electron chi connectivity index (χ3n) is 3.04. The molecule has 1 N–H and O–H groups in total. The highest BCUT2D eigenvalue weighted by atomic mass is 79.9. The number of nitrogens with zero attached hydrogens (tertiary/aromatic N) is 1. The van der Waals surface area contributed by atoms with Gasteiger partial charge in [-0.25, -0.2) is 4.98 Å². The zero-order chi connectivity index (χ0) is 13.8. The standard InChI is InChI=1S/C15H19BrN2S/c1-4-17-14(15-10(2)18-11(3)19-15)9-12-6-5-7-13(16)8-12/h5-8,14,17H,4,9H2,1-3H3. The van der Waals surface area contributed by atoms with Crippen LogP contribution < -0.4 is 5.32 Å². The summed E-state index contributed by atoms with van der Waals surface area (Å²) in [5.41, 5.74) is 2.49. The van der Waals surface area contributed by atoms with Gasteiger partial charge in [-0.15, -0.1) is 11.3 Å². The van der Waals surface area contributed by atoms with Crippen LogP contribution >= 0.6 is 27.3 Å². The van der Waals surface area contributed by atoms with E-state index in [0.29, 0.717) is 6.04 Å². The second-order valence-corrected chi connectivity index (χ2v) is 6.78. The number of aromatic nitrogens is 1. The molecular formula is C15H19BrN2S. The Balaban J connectivity index is 2.23. The molecule has 0 fully saturated rings. The maximum Gasteiger partial charge on any atom is 0.0900 e. The van der Waals surface area contributed by atoms with Crippen LogP contribution in [0.1, 0.15) is 34.1 Å². The second-order valence-electron chi connectivity index (χ2n) is 4.63. The van der Waals surface area contributed by atoms with Gasteiger partial charge in [-0.3, -0.25) is 0 Å². The van der Waals surface area contributed by atoms with Gasteiger partial charge in [-0.1, -0.05) is 35.0 Å². The van der Waals surface area contributed by atoms with Gasteiger partial charge in [-0.05, 0) is 44.5 Å². The zero-order valence-electron chi connectivity index (χ0n) is 11.5. The van der Waals surface area contributed by atoms with Gasteiger partial charge < -0.3 is 5.32 Å². The van der Waals surface area contributed by atoms with Crippen molar-refractivity contribution in [2.45, 2.75) is 33.2 Å². The maximum atomic E-state index is 4.54. The number of thiazole rings is 1. The topological polar surface area (TPSA) is 24.9 Å². The molecule has 0 saturated heterocycles. The predicted molar refractivity (Wildman–Crippen MR) is 85.9 cm³/mol. The Hall–Kier alpha value is -0.710. The summed E-state index contributed by atoms with van der Waals surface area (Å²) in [6, 6.07) is 8.87. The average molecular weight is 339 g/mol. The van der Waals surface area contributed by atoms with Gasteiger partial charge in [0.2, 0.25) is 0 Å². The van der Waals surface area contributed by atoms with Crippen molar-refractivity contribution in [1.29, 1.82) is 0 Å². The molecule has 1 heterocycles. The zero-order valence-corrected chi connectivity index (χ0v) is 13.9. The van der Waals surface area contributed by atoms with Crippen molar-refractivity contribution in [2.75, 3.05) is 6.54 Å². The summed E-state index contributed by atoms with van der Waals surface area (Å²) < 4.78 is 1.14. The van der Waals surface area contributed by atoms with Crippen LogP contribution in [0.15, 0.2) is 28.7 Å². The summed E-state index contributed by atoms with van der Waals surface area (Å²) in [6.07, 6.45) is 0.996. The molecule has 0 aliphatic carbocycles. The van der Waals surface area contributed by atoms with Crippen LogP contribution in [0.5, 0.6) is 0 Å². The summed E-state index contributed by atoms with van der Waals surface area (Å²) in [5, 5.41) is 4.72. The molecule has 0 radical (unpaired) electrons. The van der Waals surface area contributed by atoms with E-state index in [1.165, 1.54) is 10.4 Å². The number of likely N-dealkylation sites (N-methyl/N-ethyl adjacent to an activating group) is 1. The van der Waals surface area contributed by atoms with Crippen molar-refractivity contribution in [3.63, 3.8) is 0 Å². The summed E-state index contributed by atoms with van der Waals surface area (Å²) in [7, 11) is 0. The van der Waals surface area contributed by atoms with Gasteiger partial charge in [0.15, 0.2) is 0 Å². The van der Waals surface area contributed by atoms with E-state index in [4.69, 9.17) is 0 Å². The van der Waals surface area contributed by atoms with Crippen LogP contribution in [0, 0.1) is 13.8 Å². The third kappa shape index (κ3) is 3.88. The SMILES string of the molecule is CCNC(Cc1cccc(Br)c1)c1sc(C)nc1C. The lowest BCUT2D eigenvalue weighted by Crippen LogP contribution is -2.22. The molecule has 0 amide bonds. The summed E-state index contributed by atoms with van der Waals surface area (Å²) in [6.45, 7) is 7.29. The van der Waals surface area contributed by atoms with Crippen LogP contribution in [0.3, 0.4) is 0 Å². The van der Waals surface area contributed by atoms with Crippen LogP contribution in [0.4, 0.5) is 0 Å². The lowest BCUT2D eigenvalue weighted by molar-refractivity contribution is 0.554. The van der Waals surface area contributed by atoms with Crippen LogP contribution in [0.2, 0.25) is 0 Å². The minimum absolute atomic E-state index is 0.352. The molecular weight excluding hydrogens is 320 g/mol. The minimum atomic E-state index is 0.352. The highest BCUT2D eigenvalue weighted by molar-refractivity contribution is 9.10. The largest absolute Gasteiger partial charge is 0.309 e. The maximum absolute atomic E-state index is 4.54. The molecule has 1 atom stereocenters. The fourth-order valence-electron chi connectivity index (χ4n) is 2.27. The van der Waals surface area contributed by atoms with Gasteiger partial charge >= 0.3 is 0 Å². The highest BCUT2D eigenvalue weighted by Gasteiger charge is 2.17. The normalized spacial score (nSPS) is 12.6. The fraction of sp³-hybridized carbons (Fsp3) is 0.400. The monoisotopic (exact) mass is 338 g/mol. The van der Waals surface area contributed by atoms with E-state index in [9.17, 15) is 0 Å². The average Bonchev–Trinajstić information content (AvgIpc) is 2.68. The van der Waals surface area contributed by atoms with Gasteiger partial charge in [0.1, 0.15) is 0 Å². The minimum Gasteiger partial charge on any atom is -0.309 e. The first-order valence-corrected chi connectivity index (χ1v) is 8.13. The predicted octanol–water partition coefficient (Wildman–Crippen LogP) is 4.42. The molecule has 102 valence electrons. The molecule has 2 nitrogen and oxygen atoms in total. The quantitative estimate of drug-likeness (QED) is 0.872. The summed E-state index contributed by atoms with van der Waals surface area (Å²) in [4.78, 5) is 5.90. The molecule has 19 heavy (non-hydrogen) atoms. The van der Waals surface area contributed by atoms with E-state index in [1.807, 2.05) is 0 Å². The van der Waals surface area contributed by atoms with Crippen molar-refractivity contribution in [1.82, 2.24) is 10.3 Å². The second kappa shape index (κ2) is 6.64. The Morgan fingerprint density at radius 2 is 2.16 bits per heavy atom. The Kier molecular flexibility index (Phi) is 5.13. The van der Waals surface area contributed by atoms with Crippen molar-refractivity contribution < 1.29 is 0 Å². The van der Waals surface area contributed by atoms with Crippen molar-refractivity contribution >= 4 is 27.3 Å². The summed E-state index contributed by atoms with van der Waals surface area (Å²) in [5.74, 6) is 0. The molecule has 1 aromatic heterocycles. The van der Waals surface area contributed by atoms with Gasteiger partial charge in [0, 0.05) is 15.4 Å². The van der Waals surface area contributed by atoms with Crippen LogP contribution in [-0.2, 0) is 6.42 Å². The number of rotatable bonds is 5. The number of nitrogens with one attached hydrogen (secondary N) is 1. The van der Waals surface area contributed by atoms with Crippen molar-refractivity contribution in [3.8, 4) is 0 Å². The number of halogens is 1. The van der Waals surface area contributed by atoms with Crippen molar-refractivity contribution in [2.24, 2.45) is 0 Å². The number of hydrogen-bond acceptors (Lipinski definition) is 3. The van der Waals surface area contributed by atoms with Gasteiger partial charge in [-0.2, -0.15) is 0 Å². The Labute approximate surface area is 127 Å². The van der Waals surface area contributed by atoms with E-state index in [1.54, 1.807) is 11.3 Å². The third-order valence-corrected chi connectivity index (χ3v) is 4.72. The molecule has 4 heteroatoms. The van der Waals surface area contributed by atoms with Crippen LogP contribution in [-0.4, -0.2) is 11.5 Å². The molecule has 1 aromatic carbocycles. The molecule has 0 bridgehead atoms. The van der Waals surface area contributed by atoms with Crippen LogP contribution in [0.25, 0.3) is 0 Å². The fourth-order valence-corrected chi connectivity index (χ4v) is 3.72. The van der Waals surface area contributed by atoms with Gasteiger partial charge in [0.05, 0.1) is 10.7 Å². The smallest absolute Gasteiger partial charge is 0.0900 e. The van der Waals surface area contributed by atoms with E-state index >= 15 is 0 Å². The molecule has 0 aliphatic heterocycles. The molecule has 1 unspecified atom stereocenters. The first kappa shape index (κ1) is 14.7. The lowest BCUT2D eigenvalue weighted by atomic mass is 10.0. The Morgan fingerprint density at radius 3 is 2.74 bits per heavy atom. The molecule has 2 rings (SSSR count). The molecule has 0 spiro atoms. The van der Waals surface area contributed by atoms with Gasteiger partial charge in [0.25, 0.3) is 0 Å². The highest BCUT2D eigenvalue weighted by Crippen LogP contribution is 2.28. The van der Waals surface area contributed by atoms with Crippen molar-refractivity contribution in [3.05, 3.63) is 49.9 Å². The van der Waals surface area contributed by atoms with E-state index < -0.39 is 0 Å². The first-order valence-electron chi connectivity index (χ1n) is 6.52. The molecule has 2 aromatic rings. The first-order chi connectivity index (χ1) is 9.10. The Bertz CT molecular complexity index is 551. The number of benzene rings is 1. The molecule has 0 aliphatic rings. The Morgan fingerprint density at radius 1 is 1.37 bits per heavy atom. The number of aryl methyl sites for hydroxylation is 2. The number of hydrogen-bond donors (Lipinski definition) is 1. The molecule has 0 saturated carbocycles. The van der Waals surface area contributed by atoms with E-state index in [2.05, 4.69) is 71.3 Å². The lowest BCUT2D eigenvalue weighted by Gasteiger charge is -2.17. The summed E-state index contributed by atoms with van der Waals surface area (Å²) >= 11 is 5.34. The van der Waals surface area contributed by atoms with E-state index in [0.717, 1.165) is 28.1 Å².